The SMILES string of the molecule is CCOc1ccc(Oc2c(OCC)c(Oc3ccccc3)cn(Cc3ccc(Cl)cc3Cl)c2=O)cc1. The van der Waals surface area contributed by atoms with Gasteiger partial charge in [0.2, 0.25) is 11.5 Å². The zero-order chi connectivity index (χ0) is 25.5. The molecule has 36 heavy (non-hydrogen) atoms. The van der Waals surface area contributed by atoms with E-state index in [0.717, 1.165) is 0 Å². The highest BCUT2D eigenvalue weighted by atomic mass is 35.5. The van der Waals surface area contributed by atoms with Crippen LogP contribution in [0.3, 0.4) is 0 Å². The third-order valence-electron chi connectivity index (χ3n) is 5.13. The van der Waals surface area contributed by atoms with E-state index < -0.39 is 5.56 Å². The maximum atomic E-state index is 13.6. The van der Waals surface area contributed by atoms with Crippen LogP contribution < -0.4 is 24.5 Å². The highest BCUT2D eigenvalue weighted by Gasteiger charge is 2.22. The molecule has 0 unspecified atom stereocenters. The summed E-state index contributed by atoms with van der Waals surface area (Å²) < 4.78 is 25.1. The van der Waals surface area contributed by atoms with Crippen LogP contribution in [0.4, 0.5) is 0 Å². The maximum Gasteiger partial charge on any atom is 0.298 e. The van der Waals surface area contributed by atoms with Gasteiger partial charge < -0.3 is 23.5 Å². The lowest BCUT2D eigenvalue weighted by Gasteiger charge is -2.19. The van der Waals surface area contributed by atoms with Gasteiger partial charge in [-0.3, -0.25) is 4.79 Å². The third-order valence-corrected chi connectivity index (χ3v) is 5.72. The highest BCUT2D eigenvalue weighted by molar-refractivity contribution is 6.35. The van der Waals surface area contributed by atoms with Gasteiger partial charge in [0.05, 0.1) is 26.0 Å². The number of nitrogens with zero attached hydrogens (tertiary/aromatic N) is 1. The number of halogens is 2. The Morgan fingerprint density at radius 1 is 0.750 bits per heavy atom. The molecule has 6 nitrogen and oxygen atoms in total. The number of rotatable bonds is 10. The molecule has 0 radical (unpaired) electrons. The summed E-state index contributed by atoms with van der Waals surface area (Å²) in [6.07, 6.45) is 1.59. The number of para-hydroxylation sites is 1. The molecule has 0 saturated carbocycles. The molecule has 0 atom stereocenters. The van der Waals surface area contributed by atoms with Gasteiger partial charge in [-0.25, -0.2) is 0 Å². The number of hydrogen-bond acceptors (Lipinski definition) is 5. The molecular weight excluding hydrogens is 501 g/mol. The van der Waals surface area contributed by atoms with Gasteiger partial charge in [-0.1, -0.05) is 47.5 Å². The fraction of sp³-hybridized carbons (Fsp3) is 0.179. The van der Waals surface area contributed by atoms with Crippen LogP contribution in [-0.2, 0) is 6.54 Å². The average Bonchev–Trinajstić information content (AvgIpc) is 2.87. The second-order valence-electron chi connectivity index (χ2n) is 7.67. The predicted molar refractivity (Wildman–Crippen MR) is 142 cm³/mol. The summed E-state index contributed by atoms with van der Waals surface area (Å²) in [5.41, 5.74) is 0.309. The zero-order valence-corrected chi connectivity index (χ0v) is 21.4. The summed E-state index contributed by atoms with van der Waals surface area (Å²) in [6.45, 7) is 4.76. The molecule has 3 aromatic carbocycles. The second-order valence-corrected chi connectivity index (χ2v) is 8.52. The van der Waals surface area contributed by atoms with E-state index in [1.807, 2.05) is 44.2 Å². The monoisotopic (exact) mass is 525 g/mol. The van der Waals surface area contributed by atoms with Gasteiger partial charge >= 0.3 is 0 Å². The minimum absolute atomic E-state index is 0.000438. The van der Waals surface area contributed by atoms with Crippen LogP contribution in [0.1, 0.15) is 19.4 Å². The van der Waals surface area contributed by atoms with Crippen molar-refractivity contribution in [2.24, 2.45) is 0 Å². The van der Waals surface area contributed by atoms with Crippen molar-refractivity contribution in [1.29, 1.82) is 0 Å². The first-order chi connectivity index (χ1) is 17.5. The van der Waals surface area contributed by atoms with Crippen LogP contribution in [0.5, 0.6) is 34.5 Å². The van der Waals surface area contributed by atoms with Crippen LogP contribution in [0.15, 0.2) is 83.8 Å². The molecule has 1 heterocycles. The molecule has 4 aromatic rings. The van der Waals surface area contributed by atoms with E-state index in [1.54, 1.807) is 48.7 Å². The molecule has 8 heteroatoms. The first-order valence-corrected chi connectivity index (χ1v) is 12.2. The summed E-state index contributed by atoms with van der Waals surface area (Å²) in [5, 5.41) is 0.957. The van der Waals surface area contributed by atoms with Crippen molar-refractivity contribution in [2.75, 3.05) is 13.2 Å². The van der Waals surface area contributed by atoms with Crippen molar-refractivity contribution in [3.8, 4) is 34.5 Å². The van der Waals surface area contributed by atoms with Crippen molar-refractivity contribution >= 4 is 23.2 Å². The first-order valence-electron chi connectivity index (χ1n) is 11.5. The predicted octanol–water partition coefficient (Wildman–Crippen LogP) is 7.59. The molecule has 0 fully saturated rings. The third kappa shape index (κ3) is 6.14. The van der Waals surface area contributed by atoms with Gasteiger partial charge in [0.15, 0.2) is 5.75 Å². The molecule has 4 rings (SSSR count). The summed E-state index contributed by atoms with van der Waals surface area (Å²) in [4.78, 5) is 13.6. The van der Waals surface area contributed by atoms with Gasteiger partial charge in [-0.2, -0.15) is 0 Å². The Labute approximate surface area is 219 Å². The Kier molecular flexibility index (Phi) is 8.41. The largest absolute Gasteiger partial charge is 0.494 e. The molecule has 1 aromatic heterocycles. The minimum Gasteiger partial charge on any atom is -0.494 e. The molecular formula is C28H25Cl2NO5. The molecule has 0 bridgehead atoms. The second kappa shape index (κ2) is 11.9. The molecule has 0 amide bonds. The van der Waals surface area contributed by atoms with E-state index in [2.05, 4.69) is 0 Å². The van der Waals surface area contributed by atoms with Crippen LogP contribution in [0.2, 0.25) is 10.0 Å². The fourth-order valence-electron chi connectivity index (χ4n) is 3.50. The molecule has 186 valence electrons. The lowest BCUT2D eigenvalue weighted by Crippen LogP contribution is -2.23. The van der Waals surface area contributed by atoms with E-state index in [0.29, 0.717) is 51.8 Å². The van der Waals surface area contributed by atoms with E-state index in [1.165, 1.54) is 4.57 Å². The van der Waals surface area contributed by atoms with E-state index in [-0.39, 0.29) is 18.0 Å². The van der Waals surface area contributed by atoms with Crippen molar-refractivity contribution in [1.82, 2.24) is 4.57 Å². The van der Waals surface area contributed by atoms with E-state index in [4.69, 9.17) is 42.1 Å². The van der Waals surface area contributed by atoms with E-state index >= 15 is 0 Å². The summed E-state index contributed by atoms with van der Waals surface area (Å²) >= 11 is 12.4. The quantitative estimate of drug-likeness (QED) is 0.213. The Hall–Kier alpha value is -3.61. The highest BCUT2D eigenvalue weighted by Crippen LogP contribution is 2.39. The summed E-state index contributed by atoms with van der Waals surface area (Å²) in [5.74, 6) is 2.27. The lowest BCUT2D eigenvalue weighted by atomic mass is 10.2. The zero-order valence-electron chi connectivity index (χ0n) is 19.9. The fourth-order valence-corrected chi connectivity index (χ4v) is 3.97. The molecule has 0 spiro atoms. The van der Waals surface area contributed by atoms with Crippen molar-refractivity contribution in [2.45, 2.75) is 20.4 Å². The molecule has 0 saturated heterocycles. The number of ether oxygens (including phenoxy) is 4. The van der Waals surface area contributed by atoms with Crippen LogP contribution in [0.25, 0.3) is 0 Å². The molecule has 0 aliphatic heterocycles. The Balaban J connectivity index is 1.81. The van der Waals surface area contributed by atoms with Crippen molar-refractivity contribution in [3.05, 3.63) is 105 Å². The van der Waals surface area contributed by atoms with Crippen LogP contribution in [0, 0.1) is 0 Å². The number of pyridine rings is 1. The number of benzene rings is 3. The van der Waals surface area contributed by atoms with Gasteiger partial charge in [0.25, 0.3) is 5.56 Å². The Morgan fingerprint density at radius 3 is 2.08 bits per heavy atom. The molecule has 0 aliphatic rings. The van der Waals surface area contributed by atoms with Crippen LogP contribution in [-0.4, -0.2) is 17.8 Å². The van der Waals surface area contributed by atoms with Crippen molar-refractivity contribution < 1.29 is 18.9 Å². The van der Waals surface area contributed by atoms with Crippen LogP contribution >= 0.6 is 23.2 Å². The smallest absolute Gasteiger partial charge is 0.298 e. The number of aromatic nitrogens is 1. The Morgan fingerprint density at radius 2 is 1.42 bits per heavy atom. The summed E-state index contributed by atoms with van der Waals surface area (Å²) in [6, 6.07) is 21.4. The molecule has 0 aliphatic carbocycles. The standard InChI is InChI=1S/C28H25Cl2NO5/c1-3-33-21-12-14-23(15-13-21)36-27-26(34-4-2)25(35-22-8-6-5-7-9-22)18-31(28(27)32)17-19-10-11-20(29)16-24(19)30/h5-16,18H,3-4,17H2,1-2H3. The number of hydrogen-bond donors (Lipinski definition) is 0. The van der Waals surface area contributed by atoms with E-state index in [9.17, 15) is 4.79 Å². The maximum absolute atomic E-state index is 13.6. The lowest BCUT2D eigenvalue weighted by molar-refractivity contribution is 0.299. The van der Waals surface area contributed by atoms with Gasteiger partial charge in [-0.05, 0) is 67.9 Å². The normalized spacial score (nSPS) is 10.7. The minimum atomic E-state index is -0.404. The first kappa shape index (κ1) is 25.5. The molecule has 0 N–H and O–H groups in total. The Bertz CT molecular complexity index is 1370. The van der Waals surface area contributed by atoms with Crippen molar-refractivity contribution in [3.63, 3.8) is 0 Å². The average molecular weight is 526 g/mol. The topological polar surface area (TPSA) is 58.9 Å². The summed E-state index contributed by atoms with van der Waals surface area (Å²) in [7, 11) is 0. The van der Waals surface area contributed by atoms with Gasteiger partial charge in [-0.15, -0.1) is 0 Å². The van der Waals surface area contributed by atoms with Gasteiger partial charge in [0, 0.05) is 10.0 Å². The van der Waals surface area contributed by atoms with Gasteiger partial charge in [0.1, 0.15) is 17.2 Å².